The molecular formula is C9H18O3. The minimum absolute atomic E-state index is 0.182. The molecule has 0 radical (unpaired) electrons. The predicted octanol–water partition coefficient (Wildman–Crippen LogP) is 1.50. The first-order valence-corrected chi connectivity index (χ1v) is 4.29. The van der Waals surface area contributed by atoms with Crippen molar-refractivity contribution in [2.45, 2.75) is 39.7 Å². The molecule has 0 aromatic rings. The van der Waals surface area contributed by atoms with Gasteiger partial charge in [0.05, 0.1) is 0 Å². The van der Waals surface area contributed by atoms with Crippen LogP contribution in [0, 0.1) is 11.8 Å². The fraction of sp³-hybridized carbons (Fsp3) is 0.889. The van der Waals surface area contributed by atoms with Crippen LogP contribution in [-0.2, 0) is 4.79 Å². The molecule has 12 heavy (non-hydrogen) atoms. The summed E-state index contributed by atoms with van der Waals surface area (Å²) in [6.07, 6.45) is 0.678. The molecule has 0 amide bonds. The van der Waals surface area contributed by atoms with E-state index in [9.17, 15) is 9.90 Å². The lowest BCUT2D eigenvalue weighted by Gasteiger charge is -2.31. The molecule has 2 atom stereocenters. The van der Waals surface area contributed by atoms with E-state index in [1.807, 2.05) is 20.8 Å². The van der Waals surface area contributed by atoms with Crippen LogP contribution in [0.15, 0.2) is 0 Å². The first-order valence-electron chi connectivity index (χ1n) is 4.29. The minimum atomic E-state index is -1.59. The minimum Gasteiger partial charge on any atom is -0.479 e. The van der Waals surface area contributed by atoms with Gasteiger partial charge < -0.3 is 10.2 Å². The van der Waals surface area contributed by atoms with E-state index in [2.05, 4.69) is 0 Å². The fourth-order valence-corrected chi connectivity index (χ4v) is 1.68. The lowest BCUT2D eigenvalue weighted by Crippen LogP contribution is -2.44. The molecule has 0 aromatic heterocycles. The summed E-state index contributed by atoms with van der Waals surface area (Å²) in [6, 6.07) is 0. The van der Waals surface area contributed by atoms with Gasteiger partial charge in [0.2, 0.25) is 0 Å². The molecule has 2 unspecified atom stereocenters. The SMILES string of the molecule is CCC(C(C)C)C(C)(O)C(=O)O. The molecule has 0 saturated carbocycles. The number of rotatable bonds is 4. The topological polar surface area (TPSA) is 57.5 Å². The average molecular weight is 174 g/mol. The number of carboxylic acid groups (broad SMARTS) is 1. The molecule has 3 heteroatoms. The summed E-state index contributed by atoms with van der Waals surface area (Å²) in [7, 11) is 0. The monoisotopic (exact) mass is 174 g/mol. The van der Waals surface area contributed by atoms with Gasteiger partial charge in [-0.3, -0.25) is 0 Å². The van der Waals surface area contributed by atoms with Gasteiger partial charge in [0, 0.05) is 5.92 Å². The van der Waals surface area contributed by atoms with Crippen LogP contribution < -0.4 is 0 Å². The summed E-state index contributed by atoms with van der Waals surface area (Å²) in [5.41, 5.74) is -1.59. The van der Waals surface area contributed by atoms with E-state index >= 15 is 0 Å². The van der Waals surface area contributed by atoms with Gasteiger partial charge in [0.15, 0.2) is 5.60 Å². The number of hydrogen-bond acceptors (Lipinski definition) is 2. The Labute approximate surface area is 73.4 Å². The number of aliphatic hydroxyl groups is 1. The molecule has 0 rings (SSSR count). The van der Waals surface area contributed by atoms with Gasteiger partial charge in [-0.2, -0.15) is 0 Å². The Morgan fingerprint density at radius 2 is 1.92 bits per heavy atom. The Hall–Kier alpha value is -0.570. The molecule has 0 heterocycles. The standard InChI is InChI=1S/C9H18O3/c1-5-7(6(2)3)9(4,12)8(10)11/h6-7,12H,5H2,1-4H3,(H,10,11). The zero-order valence-corrected chi connectivity index (χ0v) is 8.16. The molecule has 0 saturated heterocycles. The Kier molecular flexibility index (Phi) is 3.71. The van der Waals surface area contributed by atoms with Gasteiger partial charge in [0.25, 0.3) is 0 Å². The fourth-order valence-electron chi connectivity index (χ4n) is 1.68. The van der Waals surface area contributed by atoms with Crippen LogP contribution in [0.1, 0.15) is 34.1 Å². The van der Waals surface area contributed by atoms with Crippen molar-refractivity contribution in [1.29, 1.82) is 0 Å². The summed E-state index contributed by atoms with van der Waals surface area (Å²) < 4.78 is 0. The van der Waals surface area contributed by atoms with E-state index in [0.717, 1.165) is 0 Å². The summed E-state index contributed by atoms with van der Waals surface area (Å²) in [5, 5.41) is 18.4. The van der Waals surface area contributed by atoms with E-state index in [1.165, 1.54) is 6.92 Å². The van der Waals surface area contributed by atoms with Gasteiger partial charge in [-0.15, -0.1) is 0 Å². The van der Waals surface area contributed by atoms with Crippen molar-refractivity contribution >= 4 is 5.97 Å². The third-order valence-electron chi connectivity index (χ3n) is 2.40. The van der Waals surface area contributed by atoms with E-state index in [0.29, 0.717) is 6.42 Å². The van der Waals surface area contributed by atoms with E-state index in [1.54, 1.807) is 0 Å². The Morgan fingerprint density at radius 3 is 2.00 bits per heavy atom. The van der Waals surface area contributed by atoms with E-state index < -0.39 is 11.6 Å². The van der Waals surface area contributed by atoms with Crippen molar-refractivity contribution in [1.82, 2.24) is 0 Å². The quantitative estimate of drug-likeness (QED) is 0.679. The highest BCUT2D eigenvalue weighted by Crippen LogP contribution is 2.27. The second-order valence-electron chi connectivity index (χ2n) is 3.71. The zero-order valence-electron chi connectivity index (χ0n) is 8.16. The Balaban J connectivity index is 4.59. The molecular weight excluding hydrogens is 156 g/mol. The molecule has 0 bridgehead atoms. The van der Waals surface area contributed by atoms with E-state index in [-0.39, 0.29) is 11.8 Å². The van der Waals surface area contributed by atoms with Crippen molar-refractivity contribution in [2.24, 2.45) is 11.8 Å². The number of aliphatic carboxylic acids is 1. The van der Waals surface area contributed by atoms with Crippen molar-refractivity contribution in [3.05, 3.63) is 0 Å². The van der Waals surface area contributed by atoms with Crippen molar-refractivity contribution in [3.8, 4) is 0 Å². The molecule has 0 fully saturated rings. The zero-order chi connectivity index (χ0) is 9.94. The first kappa shape index (κ1) is 11.4. The van der Waals surface area contributed by atoms with Crippen molar-refractivity contribution in [2.75, 3.05) is 0 Å². The first-order chi connectivity index (χ1) is 5.34. The van der Waals surface area contributed by atoms with Gasteiger partial charge in [-0.1, -0.05) is 20.8 Å². The second-order valence-corrected chi connectivity index (χ2v) is 3.71. The van der Waals surface area contributed by atoms with Gasteiger partial charge >= 0.3 is 5.97 Å². The number of carbonyl (C=O) groups is 1. The highest BCUT2D eigenvalue weighted by molar-refractivity contribution is 5.76. The molecule has 0 spiro atoms. The van der Waals surface area contributed by atoms with Crippen molar-refractivity contribution < 1.29 is 15.0 Å². The smallest absolute Gasteiger partial charge is 0.335 e. The van der Waals surface area contributed by atoms with Crippen molar-refractivity contribution in [3.63, 3.8) is 0 Å². The summed E-state index contributed by atoms with van der Waals surface area (Å²) in [5.74, 6) is -1.14. The van der Waals surface area contributed by atoms with Crippen LogP contribution in [0.4, 0.5) is 0 Å². The number of carboxylic acids is 1. The van der Waals surface area contributed by atoms with Gasteiger partial charge in [-0.25, -0.2) is 4.79 Å². The number of hydrogen-bond donors (Lipinski definition) is 2. The molecule has 2 N–H and O–H groups in total. The Bertz CT molecular complexity index is 161. The highest BCUT2D eigenvalue weighted by Gasteiger charge is 2.39. The molecule has 0 aliphatic rings. The van der Waals surface area contributed by atoms with Crippen LogP contribution in [0.5, 0.6) is 0 Å². The molecule has 3 nitrogen and oxygen atoms in total. The average Bonchev–Trinajstić information content (AvgIpc) is 1.86. The second kappa shape index (κ2) is 3.90. The van der Waals surface area contributed by atoms with Crippen LogP contribution in [0.25, 0.3) is 0 Å². The molecule has 0 aliphatic heterocycles. The molecule has 72 valence electrons. The lowest BCUT2D eigenvalue weighted by atomic mass is 9.79. The van der Waals surface area contributed by atoms with Gasteiger partial charge in [-0.05, 0) is 19.3 Å². The highest BCUT2D eigenvalue weighted by atomic mass is 16.4. The molecule has 0 aromatic carbocycles. The van der Waals surface area contributed by atoms with Crippen LogP contribution in [-0.4, -0.2) is 21.8 Å². The summed E-state index contributed by atoms with van der Waals surface area (Å²) in [6.45, 7) is 7.10. The third kappa shape index (κ3) is 2.21. The third-order valence-corrected chi connectivity index (χ3v) is 2.40. The lowest BCUT2D eigenvalue weighted by molar-refractivity contribution is -0.164. The van der Waals surface area contributed by atoms with Crippen LogP contribution in [0.2, 0.25) is 0 Å². The van der Waals surface area contributed by atoms with E-state index in [4.69, 9.17) is 5.11 Å². The normalized spacial score (nSPS) is 18.8. The predicted molar refractivity (Wildman–Crippen MR) is 46.9 cm³/mol. The summed E-state index contributed by atoms with van der Waals surface area (Å²) in [4.78, 5) is 10.7. The maximum atomic E-state index is 10.7. The largest absolute Gasteiger partial charge is 0.479 e. The Morgan fingerprint density at radius 1 is 1.50 bits per heavy atom. The molecule has 0 aliphatic carbocycles. The maximum absolute atomic E-state index is 10.7. The van der Waals surface area contributed by atoms with Gasteiger partial charge in [0.1, 0.15) is 0 Å². The van der Waals surface area contributed by atoms with Crippen LogP contribution in [0.3, 0.4) is 0 Å². The summed E-state index contributed by atoms with van der Waals surface area (Å²) >= 11 is 0. The van der Waals surface area contributed by atoms with Crippen LogP contribution >= 0.6 is 0 Å². The maximum Gasteiger partial charge on any atom is 0.335 e.